The number of benzene rings is 1. The highest BCUT2D eigenvalue weighted by Crippen LogP contribution is 2.26. The molecule has 1 aliphatic rings. The molecular weight excluding hydrogens is 352 g/mol. The lowest BCUT2D eigenvalue weighted by molar-refractivity contribution is 0.0956. The summed E-state index contributed by atoms with van der Waals surface area (Å²) in [6.07, 6.45) is 5.18. The number of aliphatic imine (C=N–C) groups is 1. The molecule has 0 aliphatic carbocycles. The predicted molar refractivity (Wildman–Crippen MR) is 111 cm³/mol. The van der Waals surface area contributed by atoms with Crippen LogP contribution in [0.1, 0.15) is 47.7 Å². The van der Waals surface area contributed by atoms with E-state index in [0.717, 1.165) is 37.6 Å². The molecule has 7 nitrogen and oxygen atoms in total. The monoisotopic (exact) mass is 382 g/mol. The molecule has 0 radical (unpaired) electrons. The Hall–Kier alpha value is -2.83. The second-order valence-electron chi connectivity index (χ2n) is 7.11. The van der Waals surface area contributed by atoms with E-state index < -0.39 is 0 Å². The van der Waals surface area contributed by atoms with Crippen LogP contribution in [-0.4, -0.2) is 52.7 Å². The van der Waals surface area contributed by atoms with Crippen molar-refractivity contribution in [1.29, 1.82) is 0 Å². The Kier molecular flexibility index (Phi) is 6.68. The first-order valence-corrected chi connectivity index (χ1v) is 9.99. The first kappa shape index (κ1) is 19.9. The Morgan fingerprint density at radius 3 is 2.61 bits per heavy atom. The molecule has 1 aromatic carbocycles. The number of amides is 1. The summed E-state index contributed by atoms with van der Waals surface area (Å²) in [7, 11) is 1.96. The van der Waals surface area contributed by atoms with E-state index in [1.165, 1.54) is 5.56 Å². The molecule has 0 spiro atoms. The first-order chi connectivity index (χ1) is 13.6. The van der Waals surface area contributed by atoms with Gasteiger partial charge in [-0.3, -0.25) is 9.48 Å². The topological polar surface area (TPSA) is 74.6 Å². The minimum atomic E-state index is -0.0376. The summed E-state index contributed by atoms with van der Waals surface area (Å²) in [4.78, 5) is 19.0. The number of rotatable bonds is 6. The summed E-state index contributed by atoms with van der Waals surface area (Å²) in [5, 5.41) is 10.5. The highest BCUT2D eigenvalue weighted by Gasteiger charge is 2.26. The fourth-order valence-corrected chi connectivity index (χ4v) is 3.49. The fourth-order valence-electron chi connectivity index (χ4n) is 3.49. The summed E-state index contributed by atoms with van der Waals surface area (Å²) in [6, 6.07) is 7.66. The summed E-state index contributed by atoms with van der Waals surface area (Å²) < 4.78 is 1.86. The molecule has 2 heterocycles. The zero-order valence-corrected chi connectivity index (χ0v) is 17.0. The van der Waals surface area contributed by atoms with Gasteiger partial charge in [0.05, 0.1) is 12.7 Å². The molecule has 1 amide bonds. The van der Waals surface area contributed by atoms with Crippen molar-refractivity contribution in [2.45, 2.75) is 32.7 Å². The van der Waals surface area contributed by atoms with Gasteiger partial charge in [-0.2, -0.15) is 5.10 Å². The maximum atomic E-state index is 11.9. The summed E-state index contributed by atoms with van der Waals surface area (Å²) in [5.74, 6) is 1.40. The molecule has 150 valence electrons. The van der Waals surface area contributed by atoms with E-state index in [1.807, 2.05) is 49.1 Å². The Morgan fingerprint density at radius 1 is 1.21 bits per heavy atom. The number of carbonyl (C=O) groups is 1. The van der Waals surface area contributed by atoms with Gasteiger partial charge in [0.2, 0.25) is 0 Å². The van der Waals surface area contributed by atoms with Crippen molar-refractivity contribution >= 4 is 11.9 Å². The minimum Gasteiger partial charge on any atom is -0.357 e. The number of carbonyl (C=O) groups excluding carboxylic acids is 1. The molecule has 2 N–H and O–H groups in total. The van der Waals surface area contributed by atoms with Crippen molar-refractivity contribution in [3.63, 3.8) is 0 Å². The molecule has 1 atom stereocenters. The van der Waals surface area contributed by atoms with Gasteiger partial charge >= 0.3 is 0 Å². The Balaban J connectivity index is 1.63. The van der Waals surface area contributed by atoms with E-state index in [4.69, 9.17) is 4.99 Å². The zero-order chi connectivity index (χ0) is 19.9. The average molecular weight is 383 g/mol. The largest absolute Gasteiger partial charge is 0.357 e. The van der Waals surface area contributed by atoms with Gasteiger partial charge < -0.3 is 15.5 Å². The van der Waals surface area contributed by atoms with Crippen LogP contribution in [0.3, 0.4) is 0 Å². The van der Waals surface area contributed by atoms with Gasteiger partial charge in [0.15, 0.2) is 5.96 Å². The second kappa shape index (κ2) is 9.39. The van der Waals surface area contributed by atoms with E-state index in [2.05, 4.69) is 33.8 Å². The lowest BCUT2D eigenvalue weighted by Gasteiger charge is -2.21. The molecule has 1 unspecified atom stereocenters. The Morgan fingerprint density at radius 2 is 1.96 bits per heavy atom. The van der Waals surface area contributed by atoms with E-state index in [0.29, 0.717) is 24.6 Å². The summed E-state index contributed by atoms with van der Waals surface area (Å²) in [5.41, 5.74) is 3.06. The lowest BCUT2D eigenvalue weighted by Crippen LogP contribution is -2.40. The Bertz CT molecular complexity index is 811. The third kappa shape index (κ3) is 4.91. The second-order valence-corrected chi connectivity index (χ2v) is 7.11. The molecule has 1 fully saturated rings. The standard InChI is InChI=1S/C21H30N6O/c1-4-22-20(28)17-8-6-16(7-9-17)12-24-21(23-5-2)27-11-10-18(15-27)19-13-25-26(3)14-19/h6-9,13-14,18H,4-5,10-12,15H2,1-3H3,(H,22,28)(H,23,24). The predicted octanol–water partition coefficient (Wildman–Crippen LogP) is 2.12. The molecule has 1 aliphatic heterocycles. The molecule has 1 saturated heterocycles. The van der Waals surface area contributed by atoms with Gasteiger partial charge in [-0.15, -0.1) is 0 Å². The van der Waals surface area contributed by atoms with E-state index in [1.54, 1.807) is 0 Å². The summed E-state index contributed by atoms with van der Waals surface area (Å²) >= 11 is 0. The van der Waals surface area contributed by atoms with Gasteiger partial charge in [-0.1, -0.05) is 12.1 Å². The van der Waals surface area contributed by atoms with Crippen molar-refractivity contribution in [2.75, 3.05) is 26.2 Å². The number of nitrogens with zero attached hydrogens (tertiary/aromatic N) is 4. The molecule has 1 aromatic heterocycles. The van der Waals surface area contributed by atoms with Gasteiger partial charge in [0, 0.05) is 50.9 Å². The average Bonchev–Trinajstić information content (AvgIpc) is 3.35. The third-order valence-electron chi connectivity index (χ3n) is 4.98. The van der Waals surface area contributed by atoms with E-state index in [-0.39, 0.29) is 5.91 Å². The maximum absolute atomic E-state index is 11.9. The van der Waals surface area contributed by atoms with Crippen molar-refractivity contribution in [2.24, 2.45) is 12.0 Å². The molecule has 0 saturated carbocycles. The molecule has 2 aromatic rings. The zero-order valence-electron chi connectivity index (χ0n) is 17.0. The molecule has 0 bridgehead atoms. The fraction of sp³-hybridized carbons (Fsp3) is 0.476. The highest BCUT2D eigenvalue weighted by molar-refractivity contribution is 5.94. The van der Waals surface area contributed by atoms with Crippen LogP contribution >= 0.6 is 0 Å². The van der Waals surface area contributed by atoms with Crippen LogP contribution in [0.4, 0.5) is 0 Å². The van der Waals surface area contributed by atoms with Crippen molar-refractivity contribution in [3.8, 4) is 0 Å². The minimum absolute atomic E-state index is 0.0376. The van der Waals surface area contributed by atoms with Crippen LogP contribution < -0.4 is 10.6 Å². The number of guanidine groups is 1. The quantitative estimate of drug-likeness (QED) is 0.593. The van der Waals surface area contributed by atoms with E-state index in [9.17, 15) is 4.79 Å². The normalized spacial score (nSPS) is 17.0. The van der Waals surface area contributed by atoms with Crippen molar-refractivity contribution < 1.29 is 4.79 Å². The third-order valence-corrected chi connectivity index (χ3v) is 4.98. The number of aryl methyl sites for hydroxylation is 1. The number of aromatic nitrogens is 2. The van der Waals surface area contributed by atoms with E-state index >= 15 is 0 Å². The summed E-state index contributed by atoms with van der Waals surface area (Å²) in [6.45, 7) is 8.00. The van der Waals surface area contributed by atoms with Gasteiger partial charge in [-0.05, 0) is 43.5 Å². The first-order valence-electron chi connectivity index (χ1n) is 9.99. The SMILES string of the molecule is CCNC(=O)c1ccc(CN=C(NCC)N2CCC(c3cnn(C)c3)C2)cc1. The van der Waals surface area contributed by atoms with Crippen molar-refractivity contribution in [1.82, 2.24) is 25.3 Å². The molecular formula is C21H30N6O. The van der Waals surface area contributed by atoms with Gasteiger partial charge in [-0.25, -0.2) is 4.99 Å². The maximum Gasteiger partial charge on any atom is 0.251 e. The van der Waals surface area contributed by atoms with Crippen LogP contribution in [0.5, 0.6) is 0 Å². The number of hydrogen-bond donors (Lipinski definition) is 2. The van der Waals surface area contributed by atoms with Crippen LogP contribution in [-0.2, 0) is 13.6 Å². The lowest BCUT2D eigenvalue weighted by atomic mass is 10.0. The smallest absolute Gasteiger partial charge is 0.251 e. The molecule has 28 heavy (non-hydrogen) atoms. The van der Waals surface area contributed by atoms with Crippen molar-refractivity contribution in [3.05, 3.63) is 53.3 Å². The molecule has 7 heteroatoms. The van der Waals surface area contributed by atoms with Crippen LogP contribution in [0, 0.1) is 0 Å². The van der Waals surface area contributed by atoms with Gasteiger partial charge in [0.1, 0.15) is 0 Å². The Labute approximate surface area is 166 Å². The molecule has 3 rings (SSSR count). The number of nitrogens with one attached hydrogen (secondary N) is 2. The van der Waals surface area contributed by atoms with Crippen LogP contribution in [0.25, 0.3) is 0 Å². The van der Waals surface area contributed by atoms with Gasteiger partial charge in [0.25, 0.3) is 5.91 Å². The highest BCUT2D eigenvalue weighted by atomic mass is 16.1. The number of likely N-dealkylation sites (tertiary alicyclic amines) is 1. The van der Waals surface area contributed by atoms with Crippen LogP contribution in [0.15, 0.2) is 41.7 Å². The number of hydrogen-bond acceptors (Lipinski definition) is 3. The van der Waals surface area contributed by atoms with Crippen LogP contribution in [0.2, 0.25) is 0 Å².